The van der Waals surface area contributed by atoms with Crippen molar-refractivity contribution in [1.82, 2.24) is 24.8 Å². The van der Waals surface area contributed by atoms with Crippen molar-refractivity contribution in [3.8, 4) is 0 Å². The smallest absolute Gasteiger partial charge is 0.412 e. The summed E-state index contributed by atoms with van der Waals surface area (Å²) in [6, 6.07) is 17.2. The molecule has 53 heavy (non-hydrogen) atoms. The molecular formula is C39H47N7O7. The SMILES string of the molecule is CCOC(=O)CCN(C(=O)c1ccc2c(c1)nc1n2CCN(C(=O)OCC(C)C)C1Cc1ccc(C(=N)NC(=O)OCC(C)C)cc1)c1ccccn1. The molecule has 14 heteroatoms. The molecule has 0 aliphatic carbocycles. The summed E-state index contributed by atoms with van der Waals surface area (Å²) in [4.78, 5) is 64.2. The maximum Gasteiger partial charge on any atom is 0.412 e. The van der Waals surface area contributed by atoms with Crippen LogP contribution in [0.1, 0.15) is 74.4 Å². The zero-order valence-corrected chi connectivity index (χ0v) is 30.8. The molecule has 0 fully saturated rings. The van der Waals surface area contributed by atoms with E-state index in [1.165, 1.54) is 4.90 Å². The molecule has 2 N–H and O–H groups in total. The van der Waals surface area contributed by atoms with E-state index in [4.69, 9.17) is 24.6 Å². The molecule has 280 valence electrons. The Morgan fingerprint density at radius 2 is 1.64 bits per heavy atom. The van der Waals surface area contributed by atoms with E-state index in [2.05, 4.69) is 14.9 Å². The first-order chi connectivity index (χ1) is 25.4. The molecule has 1 aliphatic rings. The predicted octanol–water partition coefficient (Wildman–Crippen LogP) is 6.13. The monoisotopic (exact) mass is 725 g/mol. The third kappa shape index (κ3) is 9.76. The van der Waals surface area contributed by atoms with Gasteiger partial charge in [0.2, 0.25) is 0 Å². The lowest BCUT2D eigenvalue weighted by Crippen LogP contribution is -2.43. The van der Waals surface area contributed by atoms with Crippen LogP contribution in [0.4, 0.5) is 15.4 Å². The Bertz CT molecular complexity index is 1930. The average Bonchev–Trinajstić information content (AvgIpc) is 3.52. The standard InChI is InChI=1S/C39H47N7O7/c1-6-51-34(47)16-18-46(33-9-7-8-17-41-33)37(48)29-14-15-31-30(22-29)42-36-32(45(20-19-44(31)36)39(50)53-24-26(4)5)21-27-10-12-28(13-11-27)35(40)43-38(49)52-23-25(2)3/h7-15,17,22,25-26,32H,6,16,18-21,23-24H2,1-5H3,(H2,40,43,49). The van der Waals surface area contributed by atoms with Crippen molar-refractivity contribution >= 4 is 46.7 Å². The summed E-state index contributed by atoms with van der Waals surface area (Å²) in [7, 11) is 0. The first-order valence-electron chi connectivity index (χ1n) is 17.9. The summed E-state index contributed by atoms with van der Waals surface area (Å²) in [6.07, 6.45) is 0.864. The van der Waals surface area contributed by atoms with Crippen LogP contribution in [-0.2, 0) is 32.0 Å². The van der Waals surface area contributed by atoms with Gasteiger partial charge in [0.25, 0.3) is 5.91 Å². The number of carbonyl (C=O) groups excluding carboxylic acids is 4. The third-order valence-corrected chi connectivity index (χ3v) is 8.50. The summed E-state index contributed by atoms with van der Waals surface area (Å²) >= 11 is 0. The summed E-state index contributed by atoms with van der Waals surface area (Å²) < 4.78 is 18.0. The summed E-state index contributed by atoms with van der Waals surface area (Å²) in [6.45, 7) is 11.2. The van der Waals surface area contributed by atoms with Crippen LogP contribution >= 0.6 is 0 Å². The van der Waals surface area contributed by atoms with Crippen LogP contribution < -0.4 is 10.2 Å². The van der Waals surface area contributed by atoms with Crippen molar-refractivity contribution in [2.24, 2.45) is 11.8 Å². The molecule has 1 atom stereocenters. The van der Waals surface area contributed by atoms with Crippen LogP contribution in [0.3, 0.4) is 0 Å². The quantitative estimate of drug-likeness (QED) is 0.0713. The van der Waals surface area contributed by atoms with Crippen molar-refractivity contribution in [2.45, 2.75) is 60.0 Å². The number of imidazole rings is 1. The highest BCUT2D eigenvalue weighted by atomic mass is 16.6. The maximum absolute atomic E-state index is 14.0. The highest BCUT2D eigenvalue weighted by Crippen LogP contribution is 2.33. The van der Waals surface area contributed by atoms with Gasteiger partial charge in [-0.3, -0.25) is 30.1 Å². The number of benzene rings is 2. The Morgan fingerprint density at radius 1 is 0.925 bits per heavy atom. The summed E-state index contributed by atoms with van der Waals surface area (Å²) in [5, 5.41) is 10.8. The number of amidine groups is 1. The van der Waals surface area contributed by atoms with E-state index in [-0.39, 0.29) is 56.4 Å². The number of aromatic nitrogens is 3. The van der Waals surface area contributed by atoms with Crippen LogP contribution in [0.25, 0.3) is 11.0 Å². The van der Waals surface area contributed by atoms with Crippen molar-refractivity contribution in [2.75, 3.05) is 37.8 Å². The Morgan fingerprint density at radius 3 is 2.32 bits per heavy atom. The van der Waals surface area contributed by atoms with Gasteiger partial charge in [-0.15, -0.1) is 0 Å². The highest BCUT2D eigenvalue weighted by Gasteiger charge is 2.35. The van der Waals surface area contributed by atoms with Gasteiger partial charge in [-0.25, -0.2) is 19.6 Å². The number of pyridine rings is 1. The molecule has 0 bridgehead atoms. The minimum Gasteiger partial charge on any atom is -0.466 e. The number of fused-ring (bicyclic) bond motifs is 3. The van der Waals surface area contributed by atoms with Gasteiger partial charge in [-0.05, 0) is 54.7 Å². The lowest BCUT2D eigenvalue weighted by molar-refractivity contribution is -0.142. The molecule has 1 unspecified atom stereocenters. The fourth-order valence-electron chi connectivity index (χ4n) is 5.92. The normalized spacial score (nSPS) is 13.8. The van der Waals surface area contributed by atoms with E-state index in [0.717, 1.165) is 11.1 Å². The number of carbonyl (C=O) groups is 4. The molecule has 2 aromatic heterocycles. The van der Waals surface area contributed by atoms with Crippen molar-refractivity contribution < 1.29 is 33.4 Å². The Kier molecular flexibility index (Phi) is 12.8. The van der Waals surface area contributed by atoms with Crippen molar-refractivity contribution in [1.29, 1.82) is 5.41 Å². The van der Waals surface area contributed by atoms with Crippen LogP contribution in [0.5, 0.6) is 0 Å². The fraction of sp³-hybridized carbons (Fsp3) is 0.410. The topological polar surface area (TPSA) is 169 Å². The van der Waals surface area contributed by atoms with Crippen LogP contribution in [0.2, 0.25) is 0 Å². The first-order valence-corrected chi connectivity index (χ1v) is 17.9. The largest absolute Gasteiger partial charge is 0.466 e. The minimum absolute atomic E-state index is 0.00502. The zero-order valence-electron chi connectivity index (χ0n) is 30.8. The molecule has 3 amide bonds. The first kappa shape index (κ1) is 38.4. The van der Waals surface area contributed by atoms with Gasteiger partial charge in [0, 0.05) is 43.4 Å². The maximum atomic E-state index is 14.0. The molecule has 0 saturated carbocycles. The molecule has 0 radical (unpaired) electrons. The minimum atomic E-state index is -0.685. The van der Waals surface area contributed by atoms with Gasteiger partial charge in [0.15, 0.2) is 0 Å². The van der Waals surface area contributed by atoms with Gasteiger partial charge in [0.05, 0.1) is 43.3 Å². The lowest BCUT2D eigenvalue weighted by Gasteiger charge is -2.35. The molecule has 14 nitrogen and oxygen atoms in total. The van der Waals surface area contributed by atoms with Crippen molar-refractivity contribution in [3.63, 3.8) is 0 Å². The second-order valence-electron chi connectivity index (χ2n) is 13.6. The Hall–Kier alpha value is -5.79. The second kappa shape index (κ2) is 17.6. The number of hydrogen-bond donors (Lipinski definition) is 2. The number of hydrogen-bond acceptors (Lipinski definition) is 10. The number of rotatable bonds is 13. The third-order valence-electron chi connectivity index (χ3n) is 8.50. The molecular weight excluding hydrogens is 678 g/mol. The Balaban J connectivity index is 1.42. The number of nitrogens with zero attached hydrogens (tertiary/aromatic N) is 5. The number of esters is 1. The molecule has 0 spiro atoms. The van der Waals surface area contributed by atoms with Gasteiger partial charge < -0.3 is 18.8 Å². The fourth-order valence-corrected chi connectivity index (χ4v) is 5.92. The highest BCUT2D eigenvalue weighted by molar-refractivity contribution is 6.07. The van der Waals surface area contributed by atoms with Gasteiger partial charge in [-0.1, -0.05) is 58.0 Å². The zero-order chi connectivity index (χ0) is 38.1. The van der Waals surface area contributed by atoms with E-state index in [1.807, 2.05) is 45.9 Å². The predicted molar refractivity (Wildman–Crippen MR) is 199 cm³/mol. The van der Waals surface area contributed by atoms with Crippen LogP contribution in [0.15, 0.2) is 66.9 Å². The van der Waals surface area contributed by atoms with Gasteiger partial charge >= 0.3 is 18.2 Å². The van der Waals surface area contributed by atoms with E-state index >= 15 is 0 Å². The molecule has 4 aromatic rings. The van der Waals surface area contributed by atoms with E-state index < -0.39 is 24.2 Å². The van der Waals surface area contributed by atoms with Gasteiger partial charge in [-0.2, -0.15) is 0 Å². The van der Waals surface area contributed by atoms with E-state index in [9.17, 15) is 19.2 Å². The number of ether oxygens (including phenoxy) is 3. The second-order valence-corrected chi connectivity index (χ2v) is 13.6. The van der Waals surface area contributed by atoms with Crippen LogP contribution in [0, 0.1) is 17.2 Å². The molecule has 2 aromatic carbocycles. The van der Waals surface area contributed by atoms with E-state index in [1.54, 1.807) is 60.5 Å². The molecule has 0 saturated heterocycles. The summed E-state index contributed by atoms with van der Waals surface area (Å²) in [5.74, 6) is 0.543. The number of amides is 3. The number of nitrogens with one attached hydrogen (secondary N) is 2. The lowest BCUT2D eigenvalue weighted by atomic mass is 10.0. The van der Waals surface area contributed by atoms with Gasteiger partial charge in [0.1, 0.15) is 17.5 Å². The molecule has 3 heterocycles. The molecule has 5 rings (SSSR count). The summed E-state index contributed by atoms with van der Waals surface area (Å²) in [5.41, 5.74) is 3.13. The number of anilines is 1. The number of alkyl carbamates (subject to hydrolysis) is 1. The Labute approximate surface area is 308 Å². The van der Waals surface area contributed by atoms with Crippen LogP contribution in [-0.4, -0.2) is 82.2 Å². The van der Waals surface area contributed by atoms with Crippen molar-refractivity contribution in [3.05, 3.63) is 89.4 Å². The average molecular weight is 726 g/mol. The van der Waals surface area contributed by atoms with E-state index in [0.29, 0.717) is 47.8 Å². The molecule has 1 aliphatic heterocycles.